The summed E-state index contributed by atoms with van der Waals surface area (Å²) >= 11 is -1.64. The van der Waals surface area contributed by atoms with Crippen LogP contribution in [-0.4, -0.2) is 0 Å². The van der Waals surface area contributed by atoms with Crippen molar-refractivity contribution >= 4 is 0 Å². The van der Waals surface area contributed by atoms with Gasteiger partial charge in [0.25, 0.3) is 0 Å². The zero-order valence-corrected chi connectivity index (χ0v) is 7.70. The Kier molecular flexibility index (Phi) is 3.58. The molecule has 0 heterocycles. The molecule has 0 saturated heterocycles. The molecule has 0 aromatic heterocycles. The summed E-state index contributed by atoms with van der Waals surface area (Å²) in [6.07, 6.45) is 0. The molecular formula is C3H7CdF. The van der Waals surface area contributed by atoms with Crippen molar-refractivity contribution in [1.29, 1.82) is 0 Å². The summed E-state index contributed by atoms with van der Waals surface area (Å²) in [6, 6.07) is 0. The average Bonchev–Trinajstić information content (AvgIpc) is 1.38. The van der Waals surface area contributed by atoms with Gasteiger partial charge in [0.15, 0.2) is 0 Å². The van der Waals surface area contributed by atoms with Crippen LogP contribution in [0.25, 0.3) is 0 Å². The van der Waals surface area contributed by atoms with E-state index >= 15 is 0 Å². The van der Waals surface area contributed by atoms with Crippen molar-refractivity contribution in [2.75, 3.05) is 0 Å². The summed E-state index contributed by atoms with van der Waals surface area (Å²) in [5.41, 5.74) is 0. The first-order valence-electron chi connectivity index (χ1n) is 1.83. The summed E-state index contributed by atoms with van der Waals surface area (Å²) in [5.74, 6) is 0. The Bertz CT molecular complexity index is 20.9. The van der Waals surface area contributed by atoms with E-state index in [1.807, 2.05) is 13.8 Å². The SMILES string of the molecule is C[CH](C)[Cd][F]. The molecule has 0 aromatic carbocycles. The van der Waals surface area contributed by atoms with E-state index in [-0.39, 0.29) is 0 Å². The molecular weight excluding hydrogens is 167 g/mol. The minimum absolute atomic E-state index is 0.428. The summed E-state index contributed by atoms with van der Waals surface area (Å²) < 4.78 is 11.8. The summed E-state index contributed by atoms with van der Waals surface area (Å²) in [7, 11) is 0. The molecule has 0 fully saturated rings. The van der Waals surface area contributed by atoms with Gasteiger partial charge in [-0.25, -0.2) is 0 Å². The van der Waals surface area contributed by atoms with Crippen LogP contribution in [0.1, 0.15) is 13.8 Å². The molecule has 0 atom stereocenters. The van der Waals surface area contributed by atoms with Crippen LogP contribution in [0.5, 0.6) is 0 Å². The van der Waals surface area contributed by atoms with Gasteiger partial charge in [-0.3, -0.25) is 0 Å². The first-order chi connectivity index (χ1) is 2.27. The fourth-order valence-corrected chi connectivity index (χ4v) is 0. The molecule has 28 valence electrons. The Morgan fingerprint density at radius 3 is 1.80 bits per heavy atom. The standard InChI is InChI=1S/C3H7.Cd.FH/c1-3-2;;/h3H,1-2H3;;1H/q;+1;/p-1. The third-order valence-electron chi connectivity index (χ3n) is 0.309. The summed E-state index contributed by atoms with van der Waals surface area (Å²) in [4.78, 5) is 0. The van der Waals surface area contributed by atoms with Crippen molar-refractivity contribution in [3.05, 3.63) is 0 Å². The molecule has 0 aliphatic rings. The first-order valence-corrected chi connectivity index (χ1v) is 5.69. The maximum atomic E-state index is 11.3. The van der Waals surface area contributed by atoms with Gasteiger partial charge in [0.05, 0.1) is 0 Å². The van der Waals surface area contributed by atoms with E-state index in [4.69, 9.17) is 0 Å². The van der Waals surface area contributed by atoms with Crippen molar-refractivity contribution in [2.24, 2.45) is 0 Å². The summed E-state index contributed by atoms with van der Waals surface area (Å²) in [5, 5.41) is 0. The molecule has 0 N–H and O–H groups in total. The normalized spacial score (nSPS) is 8.00. The third kappa shape index (κ3) is 4.85. The predicted molar refractivity (Wildman–Crippen MR) is 16.2 cm³/mol. The molecule has 5 heavy (non-hydrogen) atoms. The molecule has 0 radical (unpaired) electrons. The van der Waals surface area contributed by atoms with E-state index in [1.165, 1.54) is 0 Å². The van der Waals surface area contributed by atoms with E-state index in [9.17, 15) is 2.51 Å². The maximum absolute atomic E-state index is 11.3. The molecule has 0 saturated carbocycles. The Morgan fingerprint density at radius 2 is 1.80 bits per heavy atom. The van der Waals surface area contributed by atoms with Crippen LogP contribution in [0.4, 0.5) is 2.51 Å². The second kappa shape index (κ2) is 3.06. The van der Waals surface area contributed by atoms with E-state index in [0.29, 0.717) is 3.48 Å². The Balaban J connectivity index is 2.54. The second-order valence-electron chi connectivity index (χ2n) is 1.55. The zero-order chi connectivity index (χ0) is 4.28. The van der Waals surface area contributed by atoms with Gasteiger partial charge in [0.1, 0.15) is 0 Å². The molecule has 0 spiro atoms. The molecule has 0 nitrogen and oxygen atoms in total. The average molecular weight is 174 g/mol. The third-order valence-corrected chi connectivity index (χ3v) is 2.07. The van der Waals surface area contributed by atoms with Gasteiger partial charge >= 0.3 is 44.7 Å². The molecule has 0 aliphatic carbocycles. The van der Waals surface area contributed by atoms with Gasteiger partial charge < -0.3 is 0 Å². The van der Waals surface area contributed by atoms with Crippen LogP contribution in [0.2, 0.25) is 3.48 Å². The van der Waals surface area contributed by atoms with Gasteiger partial charge in [-0.1, -0.05) is 0 Å². The van der Waals surface area contributed by atoms with Crippen LogP contribution < -0.4 is 0 Å². The zero-order valence-electron chi connectivity index (χ0n) is 3.66. The van der Waals surface area contributed by atoms with Crippen LogP contribution in [0.3, 0.4) is 0 Å². The van der Waals surface area contributed by atoms with E-state index in [0.717, 1.165) is 0 Å². The van der Waals surface area contributed by atoms with Crippen LogP contribution in [-0.2, 0) is 24.9 Å². The van der Waals surface area contributed by atoms with E-state index in [1.54, 1.807) is 0 Å². The topological polar surface area (TPSA) is 0 Å². The van der Waals surface area contributed by atoms with Crippen molar-refractivity contribution < 1.29 is 27.4 Å². The quantitative estimate of drug-likeness (QED) is 0.532. The van der Waals surface area contributed by atoms with Crippen LogP contribution >= 0.6 is 0 Å². The van der Waals surface area contributed by atoms with Crippen molar-refractivity contribution in [1.82, 2.24) is 0 Å². The van der Waals surface area contributed by atoms with Crippen molar-refractivity contribution in [3.8, 4) is 0 Å². The number of halogens is 1. The minimum atomic E-state index is -1.64. The van der Waals surface area contributed by atoms with Crippen molar-refractivity contribution in [3.63, 3.8) is 0 Å². The van der Waals surface area contributed by atoms with Gasteiger partial charge in [-0.15, -0.1) is 0 Å². The van der Waals surface area contributed by atoms with Crippen molar-refractivity contribution in [2.45, 2.75) is 17.3 Å². The molecule has 2 heteroatoms. The summed E-state index contributed by atoms with van der Waals surface area (Å²) in [6.45, 7) is 3.88. The molecule has 0 rings (SSSR count). The molecule has 0 amide bonds. The molecule has 0 aliphatic heterocycles. The Hall–Kier alpha value is 0.852. The van der Waals surface area contributed by atoms with Crippen LogP contribution in [0, 0.1) is 0 Å². The number of hydrogen-bond acceptors (Lipinski definition) is 0. The Labute approximate surface area is 44.9 Å². The number of hydrogen-bond donors (Lipinski definition) is 0. The van der Waals surface area contributed by atoms with Gasteiger partial charge in [-0.05, 0) is 0 Å². The predicted octanol–water partition coefficient (Wildman–Crippen LogP) is 1.78. The fraction of sp³-hybridized carbons (Fsp3) is 1.00. The van der Waals surface area contributed by atoms with Gasteiger partial charge in [-0.2, -0.15) is 0 Å². The second-order valence-corrected chi connectivity index (χ2v) is 7.09. The fourth-order valence-electron chi connectivity index (χ4n) is 0. The number of rotatable bonds is 1. The van der Waals surface area contributed by atoms with Crippen LogP contribution in [0.15, 0.2) is 0 Å². The monoisotopic (exact) mass is 176 g/mol. The molecule has 0 unspecified atom stereocenters. The van der Waals surface area contributed by atoms with E-state index in [2.05, 4.69) is 0 Å². The van der Waals surface area contributed by atoms with Gasteiger partial charge in [0, 0.05) is 0 Å². The van der Waals surface area contributed by atoms with E-state index < -0.39 is 24.9 Å². The molecule has 0 bridgehead atoms. The van der Waals surface area contributed by atoms with Gasteiger partial charge in [0.2, 0.25) is 0 Å². The molecule has 0 aromatic rings. The Morgan fingerprint density at radius 1 is 1.60 bits per heavy atom. The first kappa shape index (κ1) is 5.85.